The molecule has 2 aliphatic carbocycles. The monoisotopic (exact) mass is 448 g/mol. The van der Waals surface area contributed by atoms with Crippen molar-refractivity contribution >= 4 is 19.9 Å². The van der Waals surface area contributed by atoms with Crippen molar-refractivity contribution in [1.29, 1.82) is 0 Å². The molecule has 29 heavy (non-hydrogen) atoms. The Hall–Kier alpha value is 0.180. The normalized spacial score (nSPS) is 19.6. The van der Waals surface area contributed by atoms with Crippen LogP contribution < -0.4 is 10.6 Å². The number of hydrogen-bond donors (Lipinski definition) is 2. The van der Waals surface area contributed by atoms with Gasteiger partial charge in [-0.1, -0.05) is 64.2 Å². The van der Waals surface area contributed by atoms with Crippen molar-refractivity contribution < 1.29 is 12.6 Å². The van der Waals surface area contributed by atoms with E-state index in [0.29, 0.717) is 12.3 Å². The molecule has 0 amide bonds. The third kappa shape index (κ3) is 13.2. The van der Waals surface area contributed by atoms with E-state index in [2.05, 4.69) is 10.6 Å². The lowest BCUT2D eigenvalue weighted by Crippen LogP contribution is -2.23. The highest BCUT2D eigenvalue weighted by atomic mass is 33.1. The summed E-state index contributed by atoms with van der Waals surface area (Å²) in [5.41, 5.74) is 0. The molecule has 0 spiro atoms. The summed E-state index contributed by atoms with van der Waals surface area (Å²) in [7, 11) is -2.55. The van der Waals surface area contributed by atoms with Crippen LogP contribution in [-0.4, -0.2) is 47.0 Å². The van der Waals surface area contributed by atoms with E-state index in [1.165, 1.54) is 89.9 Å². The SMILES string of the molecule is O=S(=O)(OCCNCCCC1CCCCC1)SCCNCCCC1CCCCC1. The van der Waals surface area contributed by atoms with Gasteiger partial charge in [0, 0.05) is 18.8 Å². The molecule has 0 aliphatic heterocycles. The van der Waals surface area contributed by atoms with Crippen LogP contribution in [0.15, 0.2) is 0 Å². The zero-order valence-electron chi connectivity index (χ0n) is 18.3. The molecule has 0 saturated heterocycles. The van der Waals surface area contributed by atoms with Crippen molar-refractivity contribution in [3.05, 3.63) is 0 Å². The Morgan fingerprint density at radius 1 is 0.724 bits per heavy atom. The molecule has 2 rings (SSSR count). The maximum Gasteiger partial charge on any atom is 0.322 e. The van der Waals surface area contributed by atoms with Gasteiger partial charge in [0.1, 0.15) is 0 Å². The van der Waals surface area contributed by atoms with Gasteiger partial charge in [0.2, 0.25) is 0 Å². The Morgan fingerprint density at radius 2 is 1.24 bits per heavy atom. The standard InChI is InChI=1S/C22H44N2O3S2/c25-29(26,27-19-17-23-15-7-13-21-9-3-1-4-10-21)28-20-18-24-16-8-14-22-11-5-2-6-12-22/h21-24H,1-20H2. The first-order valence-corrected chi connectivity index (χ1v) is 15.0. The zero-order chi connectivity index (χ0) is 20.6. The van der Waals surface area contributed by atoms with E-state index in [-0.39, 0.29) is 6.61 Å². The second-order valence-electron chi connectivity index (χ2n) is 8.84. The van der Waals surface area contributed by atoms with Crippen molar-refractivity contribution in [1.82, 2.24) is 10.6 Å². The molecule has 0 radical (unpaired) electrons. The molecule has 0 aromatic rings. The molecule has 0 atom stereocenters. The molecule has 2 aliphatic rings. The second kappa shape index (κ2) is 15.9. The zero-order valence-corrected chi connectivity index (χ0v) is 20.0. The van der Waals surface area contributed by atoms with Crippen LogP contribution in [0.5, 0.6) is 0 Å². The lowest BCUT2D eigenvalue weighted by atomic mass is 9.86. The molecule has 0 aromatic carbocycles. The van der Waals surface area contributed by atoms with Crippen molar-refractivity contribution in [3.63, 3.8) is 0 Å². The Bertz CT molecular complexity index is 452. The Balaban J connectivity index is 1.34. The molecule has 2 N–H and O–H groups in total. The van der Waals surface area contributed by atoms with Crippen LogP contribution in [0.4, 0.5) is 0 Å². The van der Waals surface area contributed by atoms with Gasteiger partial charge in [0.05, 0.1) is 6.61 Å². The van der Waals surface area contributed by atoms with Crippen LogP contribution in [-0.2, 0) is 13.3 Å². The fourth-order valence-corrected chi connectivity index (χ4v) is 6.76. The molecule has 172 valence electrons. The van der Waals surface area contributed by atoms with E-state index in [4.69, 9.17) is 4.18 Å². The predicted octanol–water partition coefficient (Wildman–Crippen LogP) is 4.88. The third-order valence-electron chi connectivity index (χ3n) is 6.39. The minimum absolute atomic E-state index is 0.230. The summed E-state index contributed by atoms with van der Waals surface area (Å²) in [5, 5.41) is 6.67. The fraction of sp³-hybridized carbons (Fsp3) is 1.00. The lowest BCUT2D eigenvalue weighted by Gasteiger charge is -2.21. The highest BCUT2D eigenvalue weighted by Gasteiger charge is 2.14. The summed E-state index contributed by atoms with van der Waals surface area (Å²) in [5.74, 6) is 2.38. The summed E-state index contributed by atoms with van der Waals surface area (Å²) in [6.45, 7) is 3.50. The highest BCUT2D eigenvalue weighted by molar-refractivity contribution is 8.70. The van der Waals surface area contributed by atoms with E-state index >= 15 is 0 Å². The molecule has 2 fully saturated rings. The number of nitrogens with one attached hydrogen (secondary N) is 2. The molecule has 5 nitrogen and oxygen atoms in total. The van der Waals surface area contributed by atoms with E-state index in [1.54, 1.807) is 0 Å². The van der Waals surface area contributed by atoms with Gasteiger partial charge in [-0.25, -0.2) is 0 Å². The molecular weight excluding hydrogens is 404 g/mol. The Labute approximate surface area is 183 Å². The van der Waals surface area contributed by atoms with Gasteiger partial charge in [-0.15, -0.1) is 0 Å². The minimum atomic E-state index is -3.46. The summed E-state index contributed by atoms with van der Waals surface area (Å²) >= 11 is 0. The number of hydrogen-bond acceptors (Lipinski definition) is 6. The maximum atomic E-state index is 11.9. The average molecular weight is 449 g/mol. The topological polar surface area (TPSA) is 67.4 Å². The van der Waals surface area contributed by atoms with E-state index in [1.807, 2.05) is 0 Å². The first kappa shape index (κ1) is 25.4. The largest absolute Gasteiger partial charge is 0.322 e. The fourth-order valence-electron chi connectivity index (χ4n) is 4.70. The molecule has 0 aromatic heterocycles. The van der Waals surface area contributed by atoms with Crippen LogP contribution in [0, 0.1) is 11.8 Å². The second-order valence-corrected chi connectivity index (χ2v) is 12.5. The van der Waals surface area contributed by atoms with Crippen molar-refractivity contribution in [2.45, 2.75) is 89.9 Å². The van der Waals surface area contributed by atoms with E-state index in [0.717, 1.165) is 42.3 Å². The summed E-state index contributed by atoms with van der Waals surface area (Å²) in [4.78, 5) is 0. The first-order chi connectivity index (χ1) is 14.2. The van der Waals surface area contributed by atoms with Crippen molar-refractivity contribution in [2.24, 2.45) is 11.8 Å². The quantitative estimate of drug-likeness (QED) is 0.259. The predicted molar refractivity (Wildman–Crippen MR) is 125 cm³/mol. The Morgan fingerprint density at radius 3 is 1.79 bits per heavy atom. The minimum Gasteiger partial charge on any atom is -0.316 e. The van der Waals surface area contributed by atoms with Gasteiger partial charge in [0.25, 0.3) is 0 Å². The van der Waals surface area contributed by atoms with Gasteiger partial charge in [-0.3, -0.25) is 4.18 Å². The van der Waals surface area contributed by atoms with Gasteiger partial charge < -0.3 is 10.6 Å². The van der Waals surface area contributed by atoms with Crippen LogP contribution in [0.2, 0.25) is 0 Å². The van der Waals surface area contributed by atoms with Gasteiger partial charge >= 0.3 is 9.15 Å². The van der Waals surface area contributed by atoms with Crippen molar-refractivity contribution in [3.8, 4) is 0 Å². The lowest BCUT2D eigenvalue weighted by molar-refractivity contribution is 0.314. The molecular formula is C22H44N2O3S2. The molecule has 2 saturated carbocycles. The Kier molecular flexibility index (Phi) is 14.0. The van der Waals surface area contributed by atoms with E-state index in [9.17, 15) is 8.42 Å². The maximum absolute atomic E-state index is 11.9. The smallest absolute Gasteiger partial charge is 0.316 e. The van der Waals surface area contributed by atoms with Gasteiger partial charge in [0.15, 0.2) is 0 Å². The number of rotatable bonds is 16. The first-order valence-electron chi connectivity index (χ1n) is 12.1. The molecule has 0 heterocycles. The molecule has 0 unspecified atom stereocenters. The average Bonchev–Trinajstić information content (AvgIpc) is 2.74. The summed E-state index contributed by atoms with van der Waals surface area (Å²) in [6.07, 6.45) is 19.0. The van der Waals surface area contributed by atoms with Crippen LogP contribution in [0.3, 0.4) is 0 Å². The van der Waals surface area contributed by atoms with Crippen molar-refractivity contribution in [2.75, 3.05) is 38.5 Å². The summed E-state index contributed by atoms with van der Waals surface area (Å²) in [6, 6.07) is 0. The molecule has 7 heteroatoms. The highest BCUT2D eigenvalue weighted by Crippen LogP contribution is 2.27. The molecule has 0 bridgehead atoms. The van der Waals surface area contributed by atoms with Crippen LogP contribution >= 0.6 is 10.8 Å². The third-order valence-corrected chi connectivity index (χ3v) is 9.16. The van der Waals surface area contributed by atoms with Gasteiger partial charge in [-0.2, -0.15) is 8.42 Å². The van der Waals surface area contributed by atoms with E-state index < -0.39 is 9.15 Å². The van der Waals surface area contributed by atoms with Crippen LogP contribution in [0.1, 0.15) is 89.9 Å². The van der Waals surface area contributed by atoms with Gasteiger partial charge in [-0.05, 0) is 61.4 Å². The summed E-state index contributed by atoms with van der Waals surface area (Å²) < 4.78 is 28.9. The van der Waals surface area contributed by atoms with Crippen LogP contribution in [0.25, 0.3) is 0 Å².